The standard InChI is InChI=1S/C26H24ClF3N8O4/c27-16-7-5-15(6-8-16)23-35-37(25(42)36(23)12-20(39)26(28,29)30)13-21-32-14-38(34-21)19-4-2-1-3-18(19)24(41)31-11-17-9-10-22(40)33-17/h1-8,14,17,20,39H,9-13H2,(H,31,41)(H,33,40)/t17-,20?/m1/s1. The van der Waals surface area contributed by atoms with Crippen LogP contribution in [-0.4, -0.2) is 70.9 Å². The van der Waals surface area contributed by atoms with Gasteiger partial charge < -0.3 is 15.7 Å². The molecule has 1 aliphatic heterocycles. The van der Waals surface area contributed by atoms with E-state index in [2.05, 4.69) is 25.8 Å². The van der Waals surface area contributed by atoms with Gasteiger partial charge >= 0.3 is 11.9 Å². The molecular formula is C26H24ClF3N8O4. The van der Waals surface area contributed by atoms with Gasteiger partial charge in [0.05, 0.1) is 17.8 Å². The van der Waals surface area contributed by atoms with Crippen LogP contribution in [0, 0.1) is 0 Å². The van der Waals surface area contributed by atoms with Crippen LogP contribution in [-0.2, 0) is 17.9 Å². The number of amides is 2. The third-order valence-corrected chi connectivity index (χ3v) is 6.83. The third-order valence-electron chi connectivity index (χ3n) is 6.58. The number of hydrogen-bond acceptors (Lipinski definition) is 7. The molecule has 1 saturated heterocycles. The molecule has 4 aromatic rings. The Balaban J connectivity index is 1.39. The third kappa shape index (κ3) is 6.36. The minimum atomic E-state index is -4.95. The summed E-state index contributed by atoms with van der Waals surface area (Å²) >= 11 is 5.92. The van der Waals surface area contributed by atoms with Gasteiger partial charge in [0.2, 0.25) is 5.91 Å². The number of para-hydroxylation sites is 1. The zero-order chi connectivity index (χ0) is 30.0. The van der Waals surface area contributed by atoms with Crippen LogP contribution in [0.3, 0.4) is 0 Å². The molecule has 0 saturated carbocycles. The highest BCUT2D eigenvalue weighted by molar-refractivity contribution is 6.30. The van der Waals surface area contributed by atoms with Crippen molar-refractivity contribution in [1.82, 2.24) is 39.7 Å². The molecule has 3 heterocycles. The normalized spacial score (nSPS) is 15.9. The fourth-order valence-electron chi connectivity index (χ4n) is 4.42. The van der Waals surface area contributed by atoms with E-state index in [9.17, 15) is 32.7 Å². The predicted octanol–water partition coefficient (Wildman–Crippen LogP) is 1.93. The lowest BCUT2D eigenvalue weighted by atomic mass is 10.1. The van der Waals surface area contributed by atoms with Crippen molar-refractivity contribution in [3.63, 3.8) is 0 Å². The van der Waals surface area contributed by atoms with Crippen LogP contribution in [0.2, 0.25) is 5.02 Å². The molecule has 2 atom stereocenters. The molecule has 12 nitrogen and oxygen atoms in total. The summed E-state index contributed by atoms with van der Waals surface area (Å²) in [4.78, 5) is 41.7. The maximum atomic E-state index is 13.1. The number of rotatable bonds is 9. The fraction of sp³-hybridized carbons (Fsp3) is 0.308. The van der Waals surface area contributed by atoms with Gasteiger partial charge in [-0.25, -0.2) is 19.1 Å². The highest BCUT2D eigenvalue weighted by Gasteiger charge is 2.39. The van der Waals surface area contributed by atoms with Gasteiger partial charge in [0, 0.05) is 29.6 Å². The van der Waals surface area contributed by atoms with Gasteiger partial charge in [-0.1, -0.05) is 23.7 Å². The molecular weight excluding hydrogens is 581 g/mol. The molecule has 2 amide bonds. The summed E-state index contributed by atoms with van der Waals surface area (Å²) in [5, 5.41) is 24.2. The first-order valence-electron chi connectivity index (χ1n) is 12.8. The Morgan fingerprint density at radius 1 is 1.14 bits per heavy atom. The predicted molar refractivity (Wildman–Crippen MR) is 143 cm³/mol. The van der Waals surface area contributed by atoms with E-state index in [0.29, 0.717) is 29.1 Å². The number of nitrogens with zero attached hydrogens (tertiary/aromatic N) is 6. The van der Waals surface area contributed by atoms with Gasteiger partial charge in [-0.05, 0) is 42.8 Å². The van der Waals surface area contributed by atoms with Crippen LogP contribution in [0.25, 0.3) is 17.1 Å². The topological polar surface area (TPSA) is 149 Å². The van der Waals surface area contributed by atoms with E-state index >= 15 is 0 Å². The number of aliphatic hydroxyl groups excluding tert-OH is 1. The summed E-state index contributed by atoms with van der Waals surface area (Å²) in [7, 11) is 0. The maximum Gasteiger partial charge on any atom is 0.416 e. The second kappa shape index (κ2) is 11.8. The van der Waals surface area contributed by atoms with Crippen molar-refractivity contribution in [2.45, 2.75) is 44.3 Å². The largest absolute Gasteiger partial charge is 0.416 e. The van der Waals surface area contributed by atoms with E-state index in [1.807, 2.05) is 0 Å². The molecule has 0 bridgehead atoms. The number of halogens is 4. The second-order valence-corrected chi connectivity index (χ2v) is 10.0. The Morgan fingerprint density at radius 2 is 1.88 bits per heavy atom. The number of aromatic nitrogens is 6. The van der Waals surface area contributed by atoms with Gasteiger partial charge in [0.25, 0.3) is 5.91 Å². The van der Waals surface area contributed by atoms with Crippen LogP contribution in [0.4, 0.5) is 13.2 Å². The van der Waals surface area contributed by atoms with Gasteiger partial charge in [0.1, 0.15) is 12.9 Å². The van der Waals surface area contributed by atoms with Gasteiger partial charge in [-0.2, -0.15) is 13.2 Å². The first-order valence-corrected chi connectivity index (χ1v) is 13.1. The summed E-state index contributed by atoms with van der Waals surface area (Å²) in [5.41, 5.74) is 0.0572. The van der Waals surface area contributed by atoms with E-state index in [1.165, 1.54) is 35.3 Å². The molecule has 220 valence electrons. The van der Waals surface area contributed by atoms with Crippen molar-refractivity contribution in [2.75, 3.05) is 6.54 Å². The van der Waals surface area contributed by atoms with Gasteiger partial charge in [-0.15, -0.1) is 10.2 Å². The SMILES string of the molecule is O=C1CC[C@H](CNC(=O)c2ccccc2-n2cnc(Cn3nc(-c4ccc(Cl)cc4)n(CC(O)C(F)(F)F)c3=O)n2)N1. The van der Waals surface area contributed by atoms with E-state index in [4.69, 9.17) is 11.6 Å². The number of hydrogen-bond donors (Lipinski definition) is 3. The molecule has 0 spiro atoms. The minimum Gasteiger partial charge on any atom is -0.382 e. The van der Waals surface area contributed by atoms with Crippen molar-refractivity contribution in [3.05, 3.63) is 81.8 Å². The molecule has 5 rings (SSSR count). The van der Waals surface area contributed by atoms with E-state index < -0.39 is 30.4 Å². The van der Waals surface area contributed by atoms with Crippen LogP contribution >= 0.6 is 11.6 Å². The first-order chi connectivity index (χ1) is 20.0. The number of alkyl halides is 3. The summed E-state index contributed by atoms with van der Waals surface area (Å²) < 4.78 is 42.3. The van der Waals surface area contributed by atoms with Crippen molar-refractivity contribution in [1.29, 1.82) is 0 Å². The number of carbonyl (C=O) groups excluding carboxylic acids is 2. The minimum absolute atomic E-state index is 0.0643. The van der Waals surface area contributed by atoms with Crippen LogP contribution in [0.15, 0.2) is 59.7 Å². The highest BCUT2D eigenvalue weighted by atomic mass is 35.5. The highest BCUT2D eigenvalue weighted by Crippen LogP contribution is 2.24. The van der Waals surface area contributed by atoms with Crippen molar-refractivity contribution in [3.8, 4) is 17.1 Å². The molecule has 2 aromatic carbocycles. The summed E-state index contributed by atoms with van der Waals surface area (Å²) in [6.45, 7) is -1.13. The Kier molecular flexibility index (Phi) is 8.13. The molecule has 3 N–H and O–H groups in total. The number of aliphatic hydroxyl groups is 1. The average Bonchev–Trinajstić information content (AvgIpc) is 3.67. The van der Waals surface area contributed by atoms with Gasteiger partial charge in [-0.3, -0.25) is 14.2 Å². The lowest BCUT2D eigenvalue weighted by Crippen LogP contribution is -2.38. The van der Waals surface area contributed by atoms with E-state index in [-0.39, 0.29) is 42.3 Å². The van der Waals surface area contributed by atoms with Crippen LogP contribution < -0.4 is 16.3 Å². The Morgan fingerprint density at radius 3 is 2.57 bits per heavy atom. The fourth-order valence-corrected chi connectivity index (χ4v) is 4.55. The number of nitrogens with one attached hydrogen (secondary N) is 2. The molecule has 1 unspecified atom stereocenters. The van der Waals surface area contributed by atoms with Crippen molar-refractivity contribution < 1.29 is 27.9 Å². The Hall–Kier alpha value is -4.50. The van der Waals surface area contributed by atoms with Crippen molar-refractivity contribution >= 4 is 23.4 Å². The zero-order valence-corrected chi connectivity index (χ0v) is 22.5. The monoisotopic (exact) mass is 604 g/mol. The van der Waals surface area contributed by atoms with E-state index in [1.54, 1.807) is 24.3 Å². The molecule has 16 heteroatoms. The van der Waals surface area contributed by atoms with Crippen molar-refractivity contribution in [2.24, 2.45) is 0 Å². The van der Waals surface area contributed by atoms with Crippen LogP contribution in [0.5, 0.6) is 0 Å². The zero-order valence-electron chi connectivity index (χ0n) is 21.8. The lowest BCUT2D eigenvalue weighted by Gasteiger charge is -2.15. The summed E-state index contributed by atoms with van der Waals surface area (Å²) in [5.74, 6) is -0.482. The Labute approximate surface area is 240 Å². The average molecular weight is 605 g/mol. The maximum absolute atomic E-state index is 13.1. The molecule has 1 aliphatic rings. The first kappa shape index (κ1) is 29.0. The van der Waals surface area contributed by atoms with Crippen LogP contribution in [0.1, 0.15) is 29.0 Å². The molecule has 2 aromatic heterocycles. The smallest absolute Gasteiger partial charge is 0.382 e. The molecule has 0 aliphatic carbocycles. The molecule has 42 heavy (non-hydrogen) atoms. The summed E-state index contributed by atoms with van der Waals surface area (Å²) in [6.07, 6.45) is -5.40. The quantitative estimate of drug-likeness (QED) is 0.264. The second-order valence-electron chi connectivity index (χ2n) is 9.57. The number of benzene rings is 2. The lowest BCUT2D eigenvalue weighted by molar-refractivity contribution is -0.207. The molecule has 0 radical (unpaired) electrons. The molecule has 1 fully saturated rings. The van der Waals surface area contributed by atoms with Gasteiger partial charge in [0.15, 0.2) is 17.8 Å². The number of carbonyl (C=O) groups is 2. The Bertz CT molecular complexity index is 1660. The van der Waals surface area contributed by atoms with E-state index in [0.717, 1.165) is 9.25 Å². The summed E-state index contributed by atoms with van der Waals surface area (Å²) in [6, 6.07) is 12.4.